The third-order valence-electron chi connectivity index (χ3n) is 4.77. The van der Waals surface area contributed by atoms with E-state index in [0.717, 1.165) is 16.7 Å². The second-order valence-electron chi connectivity index (χ2n) is 7.44. The molecule has 0 heterocycles. The van der Waals surface area contributed by atoms with Crippen molar-refractivity contribution in [3.8, 4) is 0 Å². The normalized spacial score (nSPS) is 12.1. The van der Waals surface area contributed by atoms with Crippen LogP contribution in [-0.2, 0) is 25.0 Å². The predicted molar refractivity (Wildman–Crippen MR) is 134 cm³/mol. The van der Waals surface area contributed by atoms with Crippen LogP contribution in [0.25, 0.3) is 5.57 Å². The molecule has 2 aromatic carbocycles. The molecule has 0 aromatic heterocycles. The van der Waals surface area contributed by atoms with Gasteiger partial charge < -0.3 is 4.74 Å². The van der Waals surface area contributed by atoms with Crippen molar-refractivity contribution in [2.45, 2.75) is 12.8 Å². The van der Waals surface area contributed by atoms with Gasteiger partial charge in [-0.05, 0) is 35.1 Å². The summed E-state index contributed by atoms with van der Waals surface area (Å²) in [5, 5.41) is 0. The lowest BCUT2D eigenvalue weighted by atomic mass is 9.95. The first kappa shape index (κ1) is 27.3. The van der Waals surface area contributed by atoms with Crippen LogP contribution in [-0.4, -0.2) is 44.1 Å². The van der Waals surface area contributed by atoms with Crippen LogP contribution >= 0.6 is 0 Å². The van der Waals surface area contributed by atoms with Gasteiger partial charge in [-0.15, -0.1) is 0 Å². The number of hydrogen-bond donors (Lipinski definition) is 2. The number of benzene rings is 2. The van der Waals surface area contributed by atoms with E-state index in [0.29, 0.717) is 11.1 Å². The number of hydrogen-bond acceptors (Lipinski definition) is 5. The maximum atomic E-state index is 11.1. The first-order valence-electron chi connectivity index (χ1n) is 10.4. The SMILES string of the molecule is C=C(CCCS(=O)(=O)O)/C(=C/C=C(c1ccccc1)c1ccccc1)C(=C)OCCS(=O)(=O)O. The summed E-state index contributed by atoms with van der Waals surface area (Å²) in [6.45, 7) is 7.53. The van der Waals surface area contributed by atoms with Crippen LogP contribution in [0.2, 0.25) is 0 Å². The molecule has 2 N–H and O–H groups in total. The van der Waals surface area contributed by atoms with Crippen molar-refractivity contribution in [1.82, 2.24) is 0 Å². The minimum absolute atomic E-state index is 0.122. The van der Waals surface area contributed by atoms with Crippen LogP contribution in [0.1, 0.15) is 24.0 Å². The molecular weight excluding hydrogens is 476 g/mol. The highest BCUT2D eigenvalue weighted by molar-refractivity contribution is 7.86. The standard InChI is InChI=1S/C25H28O7S2/c1-20(10-9-18-33(26,27)28)24(21(2)32-17-19-34(29,30)31)15-16-25(22-11-5-3-6-12-22)23-13-7-4-8-14-23/h3-8,11-16H,1-2,9-10,17-19H2,(H,26,27,28)(H,29,30,31)/b24-15-. The van der Waals surface area contributed by atoms with Crippen LogP contribution in [0.15, 0.2) is 103 Å². The summed E-state index contributed by atoms with van der Waals surface area (Å²) >= 11 is 0. The van der Waals surface area contributed by atoms with E-state index >= 15 is 0 Å². The Kier molecular flexibility index (Phi) is 10.0. The third kappa shape index (κ3) is 9.88. The van der Waals surface area contributed by atoms with E-state index in [1.54, 1.807) is 6.08 Å². The first-order chi connectivity index (χ1) is 16.0. The second-order valence-corrected chi connectivity index (χ2v) is 10.6. The van der Waals surface area contributed by atoms with Gasteiger partial charge in [0.05, 0.1) is 5.75 Å². The molecular formula is C25H28O7S2. The summed E-state index contributed by atoms with van der Waals surface area (Å²) in [7, 11) is -8.32. The molecule has 34 heavy (non-hydrogen) atoms. The van der Waals surface area contributed by atoms with Gasteiger partial charge in [0.25, 0.3) is 20.2 Å². The first-order valence-corrected chi connectivity index (χ1v) is 13.6. The van der Waals surface area contributed by atoms with Gasteiger partial charge in [0, 0.05) is 5.57 Å². The second kappa shape index (κ2) is 12.5. The molecule has 0 bridgehead atoms. The maximum Gasteiger partial charge on any atom is 0.268 e. The zero-order valence-corrected chi connectivity index (χ0v) is 20.3. The number of ether oxygens (including phenoxy) is 1. The lowest BCUT2D eigenvalue weighted by Gasteiger charge is -2.15. The quantitative estimate of drug-likeness (QED) is 0.231. The molecule has 0 atom stereocenters. The Balaban J connectivity index is 2.40. The molecule has 0 saturated heterocycles. The molecule has 2 aromatic rings. The van der Waals surface area contributed by atoms with E-state index in [1.165, 1.54) is 0 Å². The fourth-order valence-electron chi connectivity index (χ4n) is 3.12. The Bertz CT molecular complexity index is 1170. The summed E-state index contributed by atoms with van der Waals surface area (Å²) in [4.78, 5) is 0. The van der Waals surface area contributed by atoms with E-state index in [2.05, 4.69) is 13.2 Å². The van der Waals surface area contributed by atoms with Crippen LogP contribution < -0.4 is 0 Å². The van der Waals surface area contributed by atoms with Gasteiger partial charge in [0.15, 0.2) is 0 Å². The van der Waals surface area contributed by atoms with Crippen molar-refractivity contribution in [2.24, 2.45) is 0 Å². The Labute approximate surface area is 201 Å². The van der Waals surface area contributed by atoms with Crippen LogP contribution in [0.4, 0.5) is 0 Å². The summed E-state index contributed by atoms with van der Waals surface area (Å²) in [5.41, 5.74) is 3.76. The van der Waals surface area contributed by atoms with Crippen molar-refractivity contribution in [3.05, 3.63) is 114 Å². The lowest BCUT2D eigenvalue weighted by Crippen LogP contribution is -2.11. The Morgan fingerprint density at radius 2 is 1.29 bits per heavy atom. The van der Waals surface area contributed by atoms with Crippen molar-refractivity contribution in [1.29, 1.82) is 0 Å². The topological polar surface area (TPSA) is 118 Å². The average Bonchev–Trinajstić information content (AvgIpc) is 2.76. The average molecular weight is 505 g/mol. The highest BCUT2D eigenvalue weighted by Crippen LogP contribution is 2.27. The number of rotatable bonds is 13. The van der Waals surface area contributed by atoms with Gasteiger partial charge in [-0.2, -0.15) is 16.8 Å². The van der Waals surface area contributed by atoms with Crippen molar-refractivity contribution in [2.75, 3.05) is 18.1 Å². The molecule has 0 radical (unpaired) electrons. The van der Waals surface area contributed by atoms with E-state index in [1.807, 2.05) is 66.7 Å². The Morgan fingerprint density at radius 3 is 1.76 bits per heavy atom. The molecule has 182 valence electrons. The fraction of sp³-hybridized carbons (Fsp3) is 0.200. The molecule has 7 nitrogen and oxygen atoms in total. The van der Waals surface area contributed by atoms with E-state index in [4.69, 9.17) is 13.8 Å². The van der Waals surface area contributed by atoms with Crippen molar-refractivity contribution >= 4 is 25.8 Å². The summed E-state index contributed by atoms with van der Waals surface area (Å²) < 4.78 is 67.5. The van der Waals surface area contributed by atoms with Gasteiger partial charge in [-0.25, -0.2) is 0 Å². The van der Waals surface area contributed by atoms with Gasteiger partial charge in [-0.3, -0.25) is 9.11 Å². The zero-order valence-electron chi connectivity index (χ0n) is 18.6. The smallest absolute Gasteiger partial charge is 0.268 e. The van der Waals surface area contributed by atoms with Crippen LogP contribution in [0.3, 0.4) is 0 Å². The van der Waals surface area contributed by atoms with Gasteiger partial charge in [-0.1, -0.05) is 86.0 Å². The zero-order chi connectivity index (χ0) is 25.2. The largest absolute Gasteiger partial charge is 0.492 e. The molecule has 0 spiro atoms. The van der Waals surface area contributed by atoms with E-state index in [-0.39, 0.29) is 25.2 Å². The van der Waals surface area contributed by atoms with Crippen LogP contribution in [0, 0.1) is 0 Å². The highest BCUT2D eigenvalue weighted by Gasteiger charge is 2.13. The molecule has 0 amide bonds. The Hall–Kier alpha value is -2.98. The van der Waals surface area contributed by atoms with Gasteiger partial charge in [0.1, 0.15) is 18.1 Å². The molecule has 0 aliphatic carbocycles. The summed E-state index contributed by atoms with van der Waals surface area (Å²) in [6.07, 6.45) is 3.93. The minimum Gasteiger partial charge on any atom is -0.492 e. The monoisotopic (exact) mass is 504 g/mol. The minimum atomic E-state index is -4.21. The molecule has 9 heteroatoms. The fourth-order valence-corrected chi connectivity index (χ4v) is 3.92. The van der Waals surface area contributed by atoms with Crippen molar-refractivity contribution in [3.63, 3.8) is 0 Å². The predicted octanol–water partition coefficient (Wildman–Crippen LogP) is 4.69. The van der Waals surface area contributed by atoms with Gasteiger partial charge >= 0.3 is 0 Å². The van der Waals surface area contributed by atoms with Crippen LogP contribution in [0.5, 0.6) is 0 Å². The highest BCUT2D eigenvalue weighted by atomic mass is 32.2. The molecule has 0 unspecified atom stereocenters. The third-order valence-corrected chi connectivity index (χ3v) is 6.25. The maximum absolute atomic E-state index is 11.1. The molecule has 0 fully saturated rings. The molecule has 0 saturated carbocycles. The van der Waals surface area contributed by atoms with Gasteiger partial charge in [0.2, 0.25) is 0 Å². The molecule has 0 aliphatic heterocycles. The van der Waals surface area contributed by atoms with E-state index in [9.17, 15) is 16.8 Å². The van der Waals surface area contributed by atoms with E-state index < -0.39 is 31.7 Å². The number of allylic oxidation sites excluding steroid dienone is 3. The Morgan fingerprint density at radius 1 is 0.794 bits per heavy atom. The molecule has 0 aliphatic rings. The lowest BCUT2D eigenvalue weighted by molar-refractivity contribution is 0.239. The summed E-state index contributed by atoms with van der Waals surface area (Å²) in [6, 6.07) is 19.4. The molecule has 2 rings (SSSR count). The van der Waals surface area contributed by atoms with Crippen molar-refractivity contribution < 1.29 is 30.7 Å². The summed E-state index contributed by atoms with van der Waals surface area (Å²) in [5.74, 6) is -0.911.